The van der Waals surface area contributed by atoms with Gasteiger partial charge in [-0.25, -0.2) is 9.59 Å². The van der Waals surface area contributed by atoms with Crippen molar-refractivity contribution in [2.45, 2.75) is 37.3 Å². The van der Waals surface area contributed by atoms with Gasteiger partial charge in [0, 0.05) is 12.1 Å². The van der Waals surface area contributed by atoms with E-state index in [0.717, 1.165) is 0 Å². The molecule has 0 aromatic heterocycles. The topological polar surface area (TPSA) is 66.8 Å². The lowest BCUT2D eigenvalue weighted by Gasteiger charge is -2.26. The molecule has 26 heavy (non-hydrogen) atoms. The van der Waals surface area contributed by atoms with E-state index in [0.29, 0.717) is 29.2 Å². The first-order valence-electron chi connectivity index (χ1n) is 7.35. The summed E-state index contributed by atoms with van der Waals surface area (Å²) in [6.45, 7) is -0.0899. The summed E-state index contributed by atoms with van der Waals surface area (Å²) in [5.74, 6) is -1.38. The van der Waals surface area contributed by atoms with Crippen molar-refractivity contribution in [3.8, 4) is 0 Å². The summed E-state index contributed by atoms with van der Waals surface area (Å²) in [6, 6.07) is 0.708. The first-order valence-corrected chi connectivity index (χ1v) is 7.35. The first-order chi connectivity index (χ1) is 11.9. The van der Waals surface area contributed by atoms with Crippen LogP contribution in [0.25, 0.3) is 0 Å². The Hall–Kier alpha value is -2.46. The summed E-state index contributed by atoms with van der Waals surface area (Å²) in [5, 5.41) is 8.97. The maximum absolute atomic E-state index is 13.2. The van der Waals surface area contributed by atoms with Gasteiger partial charge in [-0.3, -0.25) is 4.90 Å². The Morgan fingerprint density at radius 3 is 2.15 bits per heavy atom. The molecule has 1 heterocycles. The highest BCUT2D eigenvalue weighted by molar-refractivity contribution is 5.80. The van der Waals surface area contributed by atoms with Crippen LogP contribution >= 0.6 is 0 Å². The smallest absolute Gasteiger partial charge is 0.429 e. The summed E-state index contributed by atoms with van der Waals surface area (Å²) in [6.07, 6.45) is -13.8. The SMILES string of the molecule is O=C(O)C1CCCN1C(=O)OC(c1ccc(C(F)(F)F)cc1)C(F)(F)F. The van der Waals surface area contributed by atoms with Crippen LogP contribution in [0.5, 0.6) is 0 Å². The van der Waals surface area contributed by atoms with Crippen LogP contribution in [-0.4, -0.2) is 40.8 Å². The number of hydrogen-bond donors (Lipinski definition) is 1. The fraction of sp³-hybridized carbons (Fsp3) is 0.467. The maximum Gasteiger partial charge on any atom is 0.429 e. The molecule has 1 aliphatic heterocycles. The molecular weight excluding hydrogens is 372 g/mol. The van der Waals surface area contributed by atoms with Crippen LogP contribution in [0.4, 0.5) is 31.1 Å². The van der Waals surface area contributed by atoms with E-state index in [1.54, 1.807) is 0 Å². The number of rotatable bonds is 3. The minimum Gasteiger partial charge on any atom is -0.480 e. The van der Waals surface area contributed by atoms with E-state index in [9.17, 15) is 35.9 Å². The molecule has 144 valence electrons. The van der Waals surface area contributed by atoms with Gasteiger partial charge in [0.05, 0.1) is 5.56 Å². The van der Waals surface area contributed by atoms with E-state index < -0.39 is 47.7 Å². The summed E-state index contributed by atoms with van der Waals surface area (Å²) in [5.41, 5.74) is -1.86. The van der Waals surface area contributed by atoms with E-state index >= 15 is 0 Å². The van der Waals surface area contributed by atoms with Crippen LogP contribution in [0.3, 0.4) is 0 Å². The molecule has 0 radical (unpaired) electrons. The fourth-order valence-corrected chi connectivity index (χ4v) is 2.58. The van der Waals surface area contributed by atoms with Crippen molar-refractivity contribution in [1.29, 1.82) is 0 Å². The number of halogens is 6. The molecule has 1 aromatic rings. The Morgan fingerprint density at radius 1 is 1.12 bits per heavy atom. The standard InChI is InChI=1S/C15H13F6NO4/c16-14(17,18)9-5-3-8(4-6-9)11(15(19,20)21)26-13(25)22-7-1-2-10(22)12(23)24/h3-6,10-11H,1-2,7H2,(H,23,24). The quantitative estimate of drug-likeness (QED) is 0.799. The third-order valence-corrected chi connectivity index (χ3v) is 3.83. The van der Waals surface area contributed by atoms with Gasteiger partial charge in [0.2, 0.25) is 6.10 Å². The predicted octanol–water partition coefficient (Wildman–Crippen LogP) is 3.99. The van der Waals surface area contributed by atoms with Crippen LogP contribution in [0.15, 0.2) is 24.3 Å². The normalized spacial score (nSPS) is 19.3. The molecule has 0 bridgehead atoms. The Morgan fingerprint density at radius 2 is 1.69 bits per heavy atom. The molecule has 2 unspecified atom stereocenters. The lowest BCUT2D eigenvalue weighted by Crippen LogP contribution is -2.42. The number of aliphatic carboxylic acids is 1. The number of ether oxygens (including phenoxy) is 1. The minimum absolute atomic E-state index is 0.0708. The molecule has 5 nitrogen and oxygen atoms in total. The molecule has 11 heteroatoms. The summed E-state index contributed by atoms with van der Waals surface area (Å²) in [4.78, 5) is 23.7. The molecule has 0 spiro atoms. The average Bonchev–Trinajstić information content (AvgIpc) is 3.00. The monoisotopic (exact) mass is 385 g/mol. The molecule has 1 N–H and O–H groups in total. The molecule has 2 rings (SSSR count). The van der Waals surface area contributed by atoms with Gasteiger partial charge in [0.1, 0.15) is 6.04 Å². The minimum atomic E-state index is -5.09. The van der Waals surface area contributed by atoms with Crippen LogP contribution in [-0.2, 0) is 15.7 Å². The van der Waals surface area contributed by atoms with Crippen LogP contribution in [0.1, 0.15) is 30.1 Å². The summed E-state index contributed by atoms with van der Waals surface area (Å²) in [7, 11) is 0. The van der Waals surface area contributed by atoms with Gasteiger partial charge in [-0.15, -0.1) is 0 Å². The largest absolute Gasteiger partial charge is 0.480 e. The fourth-order valence-electron chi connectivity index (χ4n) is 2.58. The molecule has 1 fully saturated rings. The first kappa shape index (κ1) is 19.9. The van der Waals surface area contributed by atoms with E-state index in [1.165, 1.54) is 0 Å². The lowest BCUT2D eigenvalue weighted by atomic mass is 10.1. The molecule has 2 atom stereocenters. The zero-order valence-corrected chi connectivity index (χ0v) is 13.0. The zero-order chi connectivity index (χ0) is 19.7. The van der Waals surface area contributed by atoms with Gasteiger partial charge in [-0.05, 0) is 25.0 Å². The van der Waals surface area contributed by atoms with Crippen LogP contribution < -0.4 is 0 Å². The Bertz CT molecular complexity index is 670. The van der Waals surface area contributed by atoms with Gasteiger partial charge in [-0.2, -0.15) is 26.3 Å². The number of carbonyl (C=O) groups excluding carboxylic acids is 1. The van der Waals surface area contributed by atoms with Crippen molar-refractivity contribution in [2.24, 2.45) is 0 Å². The molecular formula is C15H13F6NO4. The highest BCUT2D eigenvalue weighted by atomic mass is 19.4. The van der Waals surface area contributed by atoms with Gasteiger partial charge >= 0.3 is 24.4 Å². The van der Waals surface area contributed by atoms with E-state index in [2.05, 4.69) is 4.74 Å². The second kappa shape index (κ2) is 7.04. The van der Waals surface area contributed by atoms with E-state index in [-0.39, 0.29) is 19.4 Å². The van der Waals surface area contributed by atoms with Crippen LogP contribution in [0, 0.1) is 0 Å². The van der Waals surface area contributed by atoms with Crippen molar-refractivity contribution in [1.82, 2.24) is 4.90 Å². The Labute approximate surface area is 143 Å². The molecule has 1 saturated heterocycles. The van der Waals surface area contributed by atoms with Crippen molar-refractivity contribution in [3.05, 3.63) is 35.4 Å². The van der Waals surface area contributed by atoms with Crippen molar-refractivity contribution >= 4 is 12.1 Å². The zero-order valence-electron chi connectivity index (χ0n) is 13.0. The third-order valence-electron chi connectivity index (χ3n) is 3.83. The van der Waals surface area contributed by atoms with E-state index in [4.69, 9.17) is 5.11 Å². The van der Waals surface area contributed by atoms with Gasteiger partial charge in [0.25, 0.3) is 0 Å². The number of amides is 1. The molecule has 1 amide bonds. The van der Waals surface area contributed by atoms with E-state index in [1.807, 2.05) is 0 Å². The molecule has 0 aliphatic carbocycles. The number of hydrogen-bond acceptors (Lipinski definition) is 3. The van der Waals surface area contributed by atoms with Crippen molar-refractivity contribution in [3.63, 3.8) is 0 Å². The highest BCUT2D eigenvalue weighted by Gasteiger charge is 2.46. The number of carboxylic acids is 1. The lowest BCUT2D eigenvalue weighted by molar-refractivity contribution is -0.209. The molecule has 1 aromatic carbocycles. The van der Waals surface area contributed by atoms with Gasteiger partial charge in [-0.1, -0.05) is 12.1 Å². The molecule has 1 aliphatic rings. The van der Waals surface area contributed by atoms with Gasteiger partial charge < -0.3 is 9.84 Å². The van der Waals surface area contributed by atoms with Crippen molar-refractivity contribution in [2.75, 3.05) is 6.54 Å². The summed E-state index contributed by atoms with van der Waals surface area (Å²) < 4.78 is 81.6. The maximum atomic E-state index is 13.2. The number of likely N-dealkylation sites (tertiary alicyclic amines) is 1. The van der Waals surface area contributed by atoms with Crippen molar-refractivity contribution < 1.29 is 45.8 Å². The number of alkyl halides is 6. The number of nitrogens with zero attached hydrogens (tertiary/aromatic N) is 1. The van der Waals surface area contributed by atoms with Crippen LogP contribution in [0.2, 0.25) is 0 Å². The predicted molar refractivity (Wildman–Crippen MR) is 74.1 cm³/mol. The average molecular weight is 385 g/mol. The Kier molecular flexibility index (Phi) is 5.38. The number of benzene rings is 1. The Balaban J connectivity index is 2.23. The third kappa shape index (κ3) is 4.38. The second-order valence-electron chi connectivity index (χ2n) is 5.61. The summed E-state index contributed by atoms with van der Waals surface area (Å²) >= 11 is 0. The molecule has 0 saturated carbocycles. The van der Waals surface area contributed by atoms with Gasteiger partial charge in [0.15, 0.2) is 0 Å². The second-order valence-corrected chi connectivity index (χ2v) is 5.61. The number of carbonyl (C=O) groups is 2. The number of carboxylic acid groups (broad SMARTS) is 1. The highest BCUT2D eigenvalue weighted by Crippen LogP contribution is 2.38.